The minimum atomic E-state index is -0.486. The molecular formula is C17H20ClN3O3. The largest absolute Gasteiger partial charge is 0.477 e. The number of aromatic nitrogens is 3. The van der Waals surface area contributed by atoms with Gasteiger partial charge in [-0.2, -0.15) is 0 Å². The van der Waals surface area contributed by atoms with Gasteiger partial charge in [0.1, 0.15) is 5.15 Å². The Morgan fingerprint density at radius 1 is 1.38 bits per heavy atom. The van der Waals surface area contributed by atoms with Gasteiger partial charge in [0.05, 0.1) is 18.8 Å². The summed E-state index contributed by atoms with van der Waals surface area (Å²) in [5.41, 5.74) is 0.698. The number of rotatable bonds is 7. The molecule has 2 aromatic rings. The first kappa shape index (κ1) is 16.8. The van der Waals surface area contributed by atoms with E-state index in [0.717, 1.165) is 6.42 Å². The van der Waals surface area contributed by atoms with Gasteiger partial charge < -0.3 is 9.47 Å². The maximum Gasteiger partial charge on any atom is 0.341 e. The van der Waals surface area contributed by atoms with E-state index in [0.29, 0.717) is 23.7 Å². The zero-order chi connectivity index (χ0) is 17.2. The first-order valence-corrected chi connectivity index (χ1v) is 8.41. The van der Waals surface area contributed by atoms with Crippen molar-refractivity contribution in [1.82, 2.24) is 14.8 Å². The van der Waals surface area contributed by atoms with Crippen LogP contribution in [-0.4, -0.2) is 33.9 Å². The Kier molecular flexibility index (Phi) is 4.76. The number of hydrogen-bond donors (Lipinski definition) is 0. The van der Waals surface area contributed by atoms with Gasteiger partial charge >= 0.3 is 5.97 Å². The van der Waals surface area contributed by atoms with Gasteiger partial charge in [-0.25, -0.2) is 14.5 Å². The maximum absolute atomic E-state index is 11.7. The van der Waals surface area contributed by atoms with Crippen molar-refractivity contribution in [2.45, 2.75) is 33.1 Å². The van der Waals surface area contributed by atoms with Crippen LogP contribution in [0.4, 0.5) is 0 Å². The summed E-state index contributed by atoms with van der Waals surface area (Å²) in [7, 11) is 0. The maximum atomic E-state index is 11.7. The van der Waals surface area contributed by atoms with E-state index < -0.39 is 5.97 Å². The second-order valence-corrected chi connectivity index (χ2v) is 6.59. The lowest BCUT2D eigenvalue weighted by atomic mass is 10.1. The highest BCUT2D eigenvalue weighted by molar-refractivity contribution is 6.32. The molecule has 6 nitrogen and oxygen atoms in total. The molecule has 0 unspecified atom stereocenters. The quantitative estimate of drug-likeness (QED) is 0.563. The monoisotopic (exact) mass is 349 g/mol. The first-order valence-electron chi connectivity index (χ1n) is 8.03. The van der Waals surface area contributed by atoms with Gasteiger partial charge in [-0.05, 0) is 43.7 Å². The molecule has 1 aliphatic carbocycles. The molecule has 0 spiro atoms. The average Bonchev–Trinajstić information content (AvgIpc) is 3.09. The Labute approximate surface area is 145 Å². The van der Waals surface area contributed by atoms with Crippen LogP contribution in [0.25, 0.3) is 5.82 Å². The van der Waals surface area contributed by atoms with Crippen LogP contribution >= 0.6 is 11.6 Å². The third kappa shape index (κ3) is 3.87. The van der Waals surface area contributed by atoms with Crippen LogP contribution in [0.2, 0.25) is 5.15 Å². The van der Waals surface area contributed by atoms with E-state index in [4.69, 9.17) is 21.1 Å². The molecule has 0 aliphatic heterocycles. The zero-order valence-corrected chi connectivity index (χ0v) is 14.5. The smallest absolute Gasteiger partial charge is 0.341 e. The highest BCUT2D eigenvalue weighted by atomic mass is 35.5. The van der Waals surface area contributed by atoms with Gasteiger partial charge in [-0.1, -0.05) is 18.5 Å². The van der Waals surface area contributed by atoms with Crippen molar-refractivity contribution in [3.05, 3.63) is 35.1 Å². The minimum Gasteiger partial charge on any atom is -0.477 e. The van der Waals surface area contributed by atoms with Gasteiger partial charge in [0, 0.05) is 12.3 Å². The first-order chi connectivity index (χ1) is 11.5. The molecule has 0 aromatic carbocycles. The average molecular weight is 350 g/mol. The summed E-state index contributed by atoms with van der Waals surface area (Å²) in [5, 5.41) is 4.42. The number of esters is 1. The van der Waals surface area contributed by atoms with E-state index >= 15 is 0 Å². The van der Waals surface area contributed by atoms with Crippen LogP contribution in [-0.2, 0) is 4.74 Å². The predicted octanol–water partition coefficient (Wildman–Crippen LogP) is 3.67. The Hall–Kier alpha value is -2.08. The van der Waals surface area contributed by atoms with Crippen LogP contribution in [0.15, 0.2) is 24.4 Å². The van der Waals surface area contributed by atoms with Gasteiger partial charge in [-0.3, -0.25) is 0 Å². The Bertz CT molecular complexity index is 740. The Balaban J connectivity index is 1.66. The van der Waals surface area contributed by atoms with Gasteiger partial charge in [0.15, 0.2) is 5.82 Å². The van der Waals surface area contributed by atoms with E-state index in [-0.39, 0.29) is 17.3 Å². The molecule has 0 N–H and O–H groups in total. The molecular weight excluding hydrogens is 330 g/mol. The molecule has 2 heterocycles. The van der Waals surface area contributed by atoms with Crippen molar-refractivity contribution < 1.29 is 14.3 Å². The lowest BCUT2D eigenvalue weighted by Gasteiger charge is -2.08. The van der Waals surface area contributed by atoms with Crippen molar-refractivity contribution >= 4 is 17.6 Å². The highest BCUT2D eigenvalue weighted by Gasteiger charge is 2.36. The van der Waals surface area contributed by atoms with Crippen LogP contribution in [0.1, 0.15) is 43.5 Å². The zero-order valence-electron chi connectivity index (χ0n) is 13.8. The molecule has 128 valence electrons. The standard InChI is InChI=1S/C17H20ClN3O3/c1-3-23-16(22)12-4-5-13(19-15(12)18)21-10-6-14(20-21)24-11-9-17(2)7-8-17/h4-6,10H,3,7-9,11H2,1-2H3. The van der Waals surface area contributed by atoms with Gasteiger partial charge in [0.25, 0.3) is 0 Å². The van der Waals surface area contributed by atoms with Crippen LogP contribution in [0, 0.1) is 5.41 Å². The summed E-state index contributed by atoms with van der Waals surface area (Å²) >= 11 is 6.07. The second kappa shape index (κ2) is 6.81. The molecule has 1 fully saturated rings. The predicted molar refractivity (Wildman–Crippen MR) is 89.8 cm³/mol. The van der Waals surface area contributed by atoms with Crippen molar-refractivity contribution in [1.29, 1.82) is 0 Å². The third-order valence-corrected chi connectivity index (χ3v) is 4.48. The van der Waals surface area contributed by atoms with E-state index in [9.17, 15) is 4.79 Å². The number of ether oxygens (including phenoxy) is 2. The topological polar surface area (TPSA) is 66.2 Å². The van der Waals surface area contributed by atoms with E-state index in [1.807, 2.05) is 0 Å². The summed E-state index contributed by atoms with van der Waals surface area (Å²) in [5.74, 6) is 0.573. The lowest BCUT2D eigenvalue weighted by Crippen LogP contribution is -2.08. The Morgan fingerprint density at radius 2 is 2.17 bits per heavy atom. The Morgan fingerprint density at radius 3 is 2.83 bits per heavy atom. The highest BCUT2D eigenvalue weighted by Crippen LogP contribution is 2.47. The van der Waals surface area contributed by atoms with Crippen molar-refractivity contribution in [3.8, 4) is 11.7 Å². The van der Waals surface area contributed by atoms with Gasteiger partial charge in [0.2, 0.25) is 5.88 Å². The van der Waals surface area contributed by atoms with E-state index in [1.54, 1.807) is 36.0 Å². The molecule has 0 amide bonds. The molecule has 7 heteroatoms. The molecule has 0 bridgehead atoms. The molecule has 1 saturated carbocycles. The summed E-state index contributed by atoms with van der Waals surface area (Å²) in [6.07, 6.45) is 5.34. The summed E-state index contributed by atoms with van der Waals surface area (Å²) in [6.45, 7) is 4.95. The second-order valence-electron chi connectivity index (χ2n) is 6.24. The van der Waals surface area contributed by atoms with Gasteiger partial charge in [-0.15, -0.1) is 5.10 Å². The van der Waals surface area contributed by atoms with Crippen LogP contribution in [0.5, 0.6) is 5.88 Å². The molecule has 0 saturated heterocycles. The fraction of sp³-hybridized carbons (Fsp3) is 0.471. The SMILES string of the molecule is CCOC(=O)c1ccc(-n2ccc(OCCC3(C)CC3)n2)nc1Cl. The number of nitrogens with zero attached hydrogens (tertiary/aromatic N) is 3. The van der Waals surface area contributed by atoms with Crippen LogP contribution < -0.4 is 4.74 Å². The number of carbonyl (C=O) groups excluding carboxylic acids is 1. The van der Waals surface area contributed by atoms with Crippen LogP contribution in [0.3, 0.4) is 0 Å². The lowest BCUT2D eigenvalue weighted by molar-refractivity contribution is 0.0526. The molecule has 0 atom stereocenters. The minimum absolute atomic E-state index is 0.0885. The molecule has 3 rings (SSSR count). The van der Waals surface area contributed by atoms with Crippen molar-refractivity contribution in [3.63, 3.8) is 0 Å². The number of hydrogen-bond acceptors (Lipinski definition) is 5. The number of pyridine rings is 1. The molecule has 24 heavy (non-hydrogen) atoms. The fourth-order valence-electron chi connectivity index (χ4n) is 2.29. The fourth-order valence-corrected chi connectivity index (χ4v) is 2.52. The summed E-state index contributed by atoms with van der Waals surface area (Å²) in [6, 6.07) is 5.03. The number of halogens is 1. The summed E-state index contributed by atoms with van der Waals surface area (Å²) < 4.78 is 12.2. The normalized spacial score (nSPS) is 15.1. The van der Waals surface area contributed by atoms with Crippen molar-refractivity contribution in [2.75, 3.05) is 13.2 Å². The molecule has 2 aromatic heterocycles. The molecule has 1 aliphatic rings. The van der Waals surface area contributed by atoms with Crippen molar-refractivity contribution in [2.24, 2.45) is 5.41 Å². The van der Waals surface area contributed by atoms with E-state index in [1.165, 1.54) is 12.8 Å². The third-order valence-electron chi connectivity index (χ3n) is 4.19. The molecule has 0 radical (unpaired) electrons. The number of carbonyl (C=O) groups is 1. The van der Waals surface area contributed by atoms with E-state index in [2.05, 4.69) is 17.0 Å². The summed E-state index contributed by atoms with van der Waals surface area (Å²) in [4.78, 5) is 15.9.